The van der Waals surface area contributed by atoms with E-state index in [1.54, 1.807) is 0 Å². The third kappa shape index (κ3) is 4.56. The van der Waals surface area contributed by atoms with E-state index >= 15 is 0 Å². The van der Waals surface area contributed by atoms with Crippen LogP contribution >= 0.6 is 11.3 Å². The number of aliphatic carboxylic acids is 1. The fraction of sp³-hybridized carbons (Fsp3) is 0.625. The van der Waals surface area contributed by atoms with Crippen molar-refractivity contribution in [2.24, 2.45) is 11.8 Å². The first-order valence-corrected chi connectivity index (χ1v) is 12.3. The number of fused-ring (bicyclic) bond motifs is 1. The number of aryl methyl sites for hydroxylation is 1. The molecule has 3 aliphatic rings. The summed E-state index contributed by atoms with van der Waals surface area (Å²) in [6.07, 6.45) is 9.07. The highest BCUT2D eigenvalue weighted by Gasteiger charge is 2.38. The van der Waals surface area contributed by atoms with Gasteiger partial charge in [0.05, 0.1) is 17.4 Å². The van der Waals surface area contributed by atoms with Crippen LogP contribution in [0.5, 0.6) is 0 Å². The quantitative estimate of drug-likeness (QED) is 0.574. The molecule has 4 rings (SSSR count). The number of hydrogen-bond donors (Lipinski definition) is 3. The van der Waals surface area contributed by atoms with E-state index in [2.05, 4.69) is 10.6 Å². The molecule has 0 spiro atoms. The maximum absolute atomic E-state index is 13.2. The number of carboxylic acid groups (broad SMARTS) is 1. The third-order valence-corrected chi connectivity index (χ3v) is 8.45. The molecule has 2 atom stereocenters. The van der Waals surface area contributed by atoms with Crippen molar-refractivity contribution in [3.63, 3.8) is 0 Å². The fourth-order valence-corrected chi connectivity index (χ4v) is 6.54. The van der Waals surface area contributed by atoms with Crippen LogP contribution in [0.3, 0.4) is 0 Å². The van der Waals surface area contributed by atoms with Crippen LogP contribution in [0.1, 0.15) is 86.0 Å². The lowest BCUT2D eigenvalue weighted by molar-refractivity contribution is -0.146. The first kappa shape index (κ1) is 22.1. The highest BCUT2D eigenvalue weighted by Crippen LogP contribution is 2.40. The van der Waals surface area contributed by atoms with Crippen LogP contribution in [0.2, 0.25) is 0 Å². The molecule has 0 radical (unpaired) electrons. The third-order valence-electron chi connectivity index (χ3n) is 7.25. The Bertz CT molecular complexity index is 926. The highest BCUT2D eigenvalue weighted by molar-refractivity contribution is 7.17. The van der Waals surface area contributed by atoms with E-state index in [0.717, 1.165) is 68.1 Å². The molecule has 6 nitrogen and oxygen atoms in total. The van der Waals surface area contributed by atoms with Crippen LogP contribution in [0, 0.1) is 11.8 Å². The van der Waals surface area contributed by atoms with Gasteiger partial charge in [-0.3, -0.25) is 14.4 Å². The van der Waals surface area contributed by atoms with Crippen molar-refractivity contribution in [3.8, 4) is 0 Å². The lowest BCUT2D eigenvalue weighted by atomic mass is 9.76. The van der Waals surface area contributed by atoms with Gasteiger partial charge in [-0.2, -0.15) is 0 Å². The van der Waals surface area contributed by atoms with Crippen LogP contribution in [-0.2, 0) is 22.4 Å². The van der Waals surface area contributed by atoms with Crippen molar-refractivity contribution in [1.29, 1.82) is 0 Å². The molecule has 7 heteroatoms. The first-order valence-electron chi connectivity index (χ1n) is 11.5. The summed E-state index contributed by atoms with van der Waals surface area (Å²) < 4.78 is 0. The Labute approximate surface area is 187 Å². The average Bonchev–Trinajstić information content (AvgIpc) is 3.36. The molecule has 0 aromatic carbocycles. The van der Waals surface area contributed by atoms with Crippen molar-refractivity contribution < 1.29 is 19.5 Å². The van der Waals surface area contributed by atoms with E-state index < -0.39 is 17.8 Å². The minimum absolute atomic E-state index is 0.0908. The second kappa shape index (κ2) is 9.15. The summed E-state index contributed by atoms with van der Waals surface area (Å²) in [6, 6.07) is 0.209. The Kier molecular flexibility index (Phi) is 6.51. The summed E-state index contributed by atoms with van der Waals surface area (Å²) in [6.45, 7) is 3.91. The van der Waals surface area contributed by atoms with Gasteiger partial charge in [0.1, 0.15) is 5.00 Å². The lowest BCUT2D eigenvalue weighted by Crippen LogP contribution is -2.37. The number of allylic oxidation sites excluding steroid dienone is 2. The maximum Gasteiger partial charge on any atom is 0.307 e. The van der Waals surface area contributed by atoms with Gasteiger partial charge in [-0.15, -0.1) is 11.3 Å². The zero-order chi connectivity index (χ0) is 22.1. The van der Waals surface area contributed by atoms with Gasteiger partial charge in [-0.1, -0.05) is 24.0 Å². The molecule has 168 valence electrons. The monoisotopic (exact) mass is 444 g/mol. The maximum atomic E-state index is 13.2. The van der Waals surface area contributed by atoms with Gasteiger partial charge in [-0.05, 0) is 70.8 Å². The molecule has 31 heavy (non-hydrogen) atoms. The largest absolute Gasteiger partial charge is 0.481 e. The topological polar surface area (TPSA) is 95.5 Å². The minimum atomic E-state index is -0.934. The number of rotatable bonds is 5. The summed E-state index contributed by atoms with van der Waals surface area (Å²) >= 11 is 1.50. The number of anilines is 1. The molecule has 1 aromatic rings. The summed E-state index contributed by atoms with van der Waals surface area (Å²) in [4.78, 5) is 39.5. The van der Waals surface area contributed by atoms with Crippen molar-refractivity contribution in [2.75, 3.05) is 5.32 Å². The van der Waals surface area contributed by atoms with Gasteiger partial charge in [0.2, 0.25) is 5.91 Å². The number of thiophene rings is 1. The Hall–Kier alpha value is -2.15. The molecule has 0 unspecified atom stereocenters. The number of carbonyl (C=O) groups is 3. The zero-order valence-electron chi connectivity index (χ0n) is 18.4. The van der Waals surface area contributed by atoms with E-state index in [0.29, 0.717) is 23.4 Å². The smallest absolute Gasteiger partial charge is 0.307 e. The first-order chi connectivity index (χ1) is 14.8. The molecule has 0 bridgehead atoms. The average molecular weight is 445 g/mol. The molecule has 0 aliphatic heterocycles. The van der Waals surface area contributed by atoms with Crippen molar-refractivity contribution in [3.05, 3.63) is 27.2 Å². The van der Waals surface area contributed by atoms with Crippen molar-refractivity contribution >= 4 is 34.1 Å². The number of carboxylic acids is 1. The number of carbonyl (C=O) groups excluding carboxylic acids is 2. The second-order valence-corrected chi connectivity index (χ2v) is 10.5. The van der Waals surface area contributed by atoms with E-state index in [-0.39, 0.29) is 17.9 Å². The van der Waals surface area contributed by atoms with Gasteiger partial charge < -0.3 is 15.7 Å². The van der Waals surface area contributed by atoms with Gasteiger partial charge in [0.25, 0.3) is 5.91 Å². The number of amides is 2. The molecule has 0 saturated heterocycles. The summed E-state index contributed by atoms with van der Waals surface area (Å²) in [5, 5.41) is 16.5. The van der Waals surface area contributed by atoms with Crippen LogP contribution in [-0.4, -0.2) is 28.9 Å². The minimum Gasteiger partial charge on any atom is -0.481 e. The van der Waals surface area contributed by atoms with Crippen LogP contribution in [0.15, 0.2) is 11.1 Å². The summed E-state index contributed by atoms with van der Waals surface area (Å²) in [5.74, 6) is -2.66. The number of nitrogens with one attached hydrogen (secondary N) is 2. The summed E-state index contributed by atoms with van der Waals surface area (Å²) in [5.41, 5.74) is 3.83. The molecule has 1 heterocycles. The zero-order valence-corrected chi connectivity index (χ0v) is 19.2. The molecule has 3 N–H and O–H groups in total. The molecular formula is C24H32N2O4S. The Morgan fingerprint density at radius 3 is 2.26 bits per heavy atom. The Morgan fingerprint density at radius 2 is 1.58 bits per heavy atom. The van der Waals surface area contributed by atoms with E-state index in [1.807, 2.05) is 13.8 Å². The predicted molar refractivity (Wildman–Crippen MR) is 122 cm³/mol. The van der Waals surface area contributed by atoms with E-state index in [4.69, 9.17) is 0 Å². The summed E-state index contributed by atoms with van der Waals surface area (Å²) in [7, 11) is 0. The van der Waals surface area contributed by atoms with Gasteiger partial charge in [-0.25, -0.2) is 0 Å². The fourth-order valence-electron chi connectivity index (χ4n) is 5.25. The molecule has 1 aromatic heterocycles. The van der Waals surface area contributed by atoms with E-state index in [9.17, 15) is 19.5 Å². The van der Waals surface area contributed by atoms with Crippen molar-refractivity contribution in [2.45, 2.75) is 84.1 Å². The van der Waals surface area contributed by atoms with Gasteiger partial charge in [0.15, 0.2) is 0 Å². The van der Waals surface area contributed by atoms with Crippen LogP contribution < -0.4 is 10.6 Å². The normalized spacial score (nSPS) is 24.1. The van der Waals surface area contributed by atoms with E-state index in [1.165, 1.54) is 16.2 Å². The molecule has 2 amide bonds. The van der Waals surface area contributed by atoms with Crippen LogP contribution in [0.4, 0.5) is 5.00 Å². The number of hydrogen-bond acceptors (Lipinski definition) is 4. The SMILES string of the molecule is CC1=C(C)C[C@@H](C(=O)O)[C@@H](C(=O)Nc2sc3c(c2C(=O)NC2CCCC2)CCCC3)C1. The van der Waals surface area contributed by atoms with Crippen LogP contribution in [0.25, 0.3) is 0 Å². The molecule has 1 saturated carbocycles. The lowest BCUT2D eigenvalue weighted by Gasteiger charge is -2.29. The van der Waals surface area contributed by atoms with Crippen molar-refractivity contribution in [1.82, 2.24) is 5.32 Å². The highest BCUT2D eigenvalue weighted by atomic mass is 32.1. The predicted octanol–water partition coefficient (Wildman–Crippen LogP) is 4.69. The Balaban J connectivity index is 1.60. The Morgan fingerprint density at radius 1 is 0.935 bits per heavy atom. The van der Waals surface area contributed by atoms with Gasteiger partial charge >= 0.3 is 5.97 Å². The standard InChI is InChI=1S/C24H32N2O4S/c1-13-11-17(18(24(29)30)12-14(13)2)21(27)26-23-20(16-9-5-6-10-19(16)31-23)22(28)25-15-7-3-4-8-15/h15,17-18H,3-12H2,1-2H3,(H,25,28)(H,26,27)(H,29,30)/t17-,18+/m0/s1. The molecule has 1 fully saturated rings. The molecular weight excluding hydrogens is 412 g/mol. The molecule has 3 aliphatic carbocycles. The van der Waals surface area contributed by atoms with Gasteiger partial charge in [0, 0.05) is 10.9 Å². The second-order valence-electron chi connectivity index (χ2n) is 9.38.